The molecule has 23 nitrogen and oxygen atoms in total. The summed E-state index contributed by atoms with van der Waals surface area (Å²) in [6, 6.07) is 65.6. The number of nitrogens with zero attached hydrogens (tertiary/aromatic N) is 8. The van der Waals surface area contributed by atoms with E-state index >= 15 is 0 Å². The highest BCUT2D eigenvalue weighted by Gasteiger charge is 2.15. The maximum Gasteiger partial charge on any atom is 0.231 e. The Morgan fingerprint density at radius 3 is 1.23 bits per heavy atom. The first-order chi connectivity index (χ1) is 46.3. The van der Waals surface area contributed by atoms with Gasteiger partial charge in [0, 0.05) is 81.9 Å². The van der Waals surface area contributed by atoms with Gasteiger partial charge in [0.05, 0.1) is 66.9 Å². The van der Waals surface area contributed by atoms with Crippen LogP contribution in [0.25, 0.3) is 55.8 Å². The number of fused-ring (bicyclic) bond motifs is 2. The number of rotatable bonds is 15. The van der Waals surface area contributed by atoms with Crippen LogP contribution in [0.15, 0.2) is 237 Å². The van der Waals surface area contributed by atoms with Gasteiger partial charge in [-0.25, -0.2) is 39.9 Å². The van der Waals surface area contributed by atoms with Gasteiger partial charge >= 0.3 is 0 Å². The number of para-hydroxylation sites is 1. The van der Waals surface area contributed by atoms with E-state index < -0.39 is 0 Å². The van der Waals surface area contributed by atoms with Crippen molar-refractivity contribution in [3.05, 3.63) is 237 Å². The van der Waals surface area contributed by atoms with Gasteiger partial charge in [0.2, 0.25) is 30.6 Å². The number of hydrogen-bond donors (Lipinski definition) is 10. The maximum absolute atomic E-state index is 9.51. The first-order valence-corrected chi connectivity index (χ1v) is 29.4. The number of ether oxygens (including phenoxy) is 5. The minimum absolute atomic E-state index is 0.0533. The molecular weight excluding hydrogens is 1200 g/mol. The van der Waals surface area contributed by atoms with Crippen molar-refractivity contribution in [2.75, 3.05) is 72.3 Å². The quantitative estimate of drug-likeness (QED) is 0.0337. The Balaban J connectivity index is 0.000000129. The highest BCUT2D eigenvalue weighted by atomic mass is 16.7. The van der Waals surface area contributed by atoms with Crippen LogP contribution in [0, 0.1) is 0 Å². The number of aromatic hydroxyl groups is 2. The smallest absolute Gasteiger partial charge is 0.231 e. The molecule has 4 aromatic heterocycles. The summed E-state index contributed by atoms with van der Waals surface area (Å²) in [4.78, 5) is 35.0. The van der Waals surface area contributed by atoms with Crippen molar-refractivity contribution in [3.63, 3.8) is 0 Å². The van der Waals surface area contributed by atoms with E-state index in [0.717, 1.165) is 79.0 Å². The zero-order valence-corrected chi connectivity index (χ0v) is 51.5. The molecule has 0 bridgehead atoms. The molecule has 474 valence electrons. The second-order valence-electron chi connectivity index (χ2n) is 20.8. The second-order valence-corrected chi connectivity index (χ2v) is 20.8. The van der Waals surface area contributed by atoms with Crippen molar-refractivity contribution in [1.82, 2.24) is 39.9 Å². The third kappa shape index (κ3) is 16.5. The van der Waals surface area contributed by atoms with E-state index in [0.29, 0.717) is 69.5 Å². The van der Waals surface area contributed by atoms with Gasteiger partial charge in [-0.3, -0.25) is 0 Å². The molecule has 0 spiro atoms. The number of phenols is 2. The van der Waals surface area contributed by atoms with Crippen molar-refractivity contribution >= 4 is 80.1 Å². The molecule has 0 atom stereocenters. The minimum atomic E-state index is 0.0533. The van der Waals surface area contributed by atoms with Crippen LogP contribution in [-0.4, -0.2) is 78.2 Å². The molecule has 13 aromatic rings. The van der Waals surface area contributed by atoms with Crippen LogP contribution in [0.3, 0.4) is 0 Å². The van der Waals surface area contributed by atoms with Crippen LogP contribution < -0.4 is 67.9 Å². The molecule has 0 radical (unpaired) electrons. The average Bonchev–Trinajstić information content (AvgIpc) is 2.54. The molecule has 9 aromatic carbocycles. The van der Waals surface area contributed by atoms with E-state index in [4.69, 9.17) is 46.6 Å². The standard InChI is InChI=1S/C21H18N4O.C18H16N4O3.C17H16N4O2.C16H14N4O/c1-26-20-9-7-16(13-18(20)22)19-10-11-23-21(25-19)24-17-8-6-14-4-2-3-5-15(14)12-17;1-23-15-4-2-11(8-13(15)19)14-6-7-20-18(22-14)21-12-3-5-16-17(9-12)25-10-24-16;1-23-13-4-2-3-12(10-13)20-17-19-8-7-15(21-17)11-5-6-16(22)14(18)9-11;17-13-10-11(6-7-15(13)21)14-8-9-18-16(20-14)19-12-4-2-1-3-5-12/h2-13H,22H2,1H3,(H,23,24,25);2-9H,10,19H2,1H3,(H,20,21,22);2-10,22H,18H2,1H3,(H,19,20,21);1-10,21H,17H2,(H,18,19,20). The van der Waals surface area contributed by atoms with Crippen molar-refractivity contribution in [1.29, 1.82) is 0 Å². The average molecular weight is 1270 g/mol. The van der Waals surface area contributed by atoms with Crippen LogP contribution in [-0.2, 0) is 0 Å². The molecule has 14 rings (SSSR count). The fourth-order valence-corrected chi connectivity index (χ4v) is 9.51. The number of methoxy groups -OCH3 is 3. The highest BCUT2D eigenvalue weighted by Crippen LogP contribution is 2.36. The number of benzene rings is 9. The summed E-state index contributed by atoms with van der Waals surface area (Å²) < 4.78 is 26.3. The Kier molecular flexibility index (Phi) is 19.9. The van der Waals surface area contributed by atoms with E-state index in [1.54, 1.807) is 94.6 Å². The van der Waals surface area contributed by atoms with Gasteiger partial charge in [-0.15, -0.1) is 0 Å². The van der Waals surface area contributed by atoms with Crippen LogP contribution in [0.5, 0.6) is 40.2 Å². The van der Waals surface area contributed by atoms with E-state index in [2.05, 4.69) is 85.4 Å². The molecule has 23 heteroatoms. The fraction of sp³-hybridized carbons (Fsp3) is 0.0556. The maximum atomic E-state index is 9.51. The molecule has 1 aliphatic heterocycles. The summed E-state index contributed by atoms with van der Waals surface area (Å²) in [7, 11) is 4.80. The number of anilines is 12. The molecule has 0 aliphatic carbocycles. The molecule has 0 saturated carbocycles. The zero-order valence-electron chi connectivity index (χ0n) is 51.5. The first kappa shape index (κ1) is 63.1. The fourth-order valence-electron chi connectivity index (χ4n) is 9.51. The third-order valence-corrected chi connectivity index (χ3v) is 14.3. The Labute approximate surface area is 546 Å². The lowest BCUT2D eigenvalue weighted by molar-refractivity contribution is 0.174. The molecular formula is C72H64N16O7. The third-order valence-electron chi connectivity index (χ3n) is 14.3. The Morgan fingerprint density at radius 1 is 0.347 bits per heavy atom. The van der Waals surface area contributed by atoms with Crippen LogP contribution in [0.1, 0.15) is 0 Å². The molecule has 14 N–H and O–H groups in total. The van der Waals surface area contributed by atoms with Crippen molar-refractivity contribution in [3.8, 4) is 85.3 Å². The number of nitrogens with one attached hydrogen (secondary N) is 4. The SMILES string of the molecule is COc1ccc(-c2ccnc(Nc3ccc4c(c3)OCO4)n2)cc1N.COc1ccc(-c2ccnc(Nc3ccc4ccccc4c3)n2)cc1N.COc1cccc(Nc2nccc(-c3ccc(O)c(N)c3)n2)c1.Nc1cc(-c2ccnc(Nc3ccccc3)n2)ccc1O. The highest BCUT2D eigenvalue weighted by molar-refractivity contribution is 5.86. The van der Waals surface area contributed by atoms with E-state index in [1.807, 2.05) is 140 Å². The van der Waals surface area contributed by atoms with Gasteiger partial charge in [-0.1, -0.05) is 54.6 Å². The normalized spacial score (nSPS) is 10.9. The van der Waals surface area contributed by atoms with Crippen LogP contribution in [0.4, 0.5) is 69.3 Å². The zero-order chi connectivity index (χ0) is 66.0. The molecule has 0 saturated heterocycles. The molecule has 1 aliphatic rings. The number of nitrogen functional groups attached to an aromatic ring is 4. The number of nitrogens with two attached hydrogens (primary N) is 4. The van der Waals surface area contributed by atoms with Gasteiger partial charge in [0.25, 0.3) is 0 Å². The Hall–Kier alpha value is -13.4. The van der Waals surface area contributed by atoms with Crippen molar-refractivity contribution < 1.29 is 33.9 Å². The summed E-state index contributed by atoms with van der Waals surface area (Å²) >= 11 is 0. The van der Waals surface area contributed by atoms with E-state index in [9.17, 15) is 10.2 Å². The minimum Gasteiger partial charge on any atom is -0.506 e. The Bertz CT molecular complexity index is 4800. The number of hydrogen-bond acceptors (Lipinski definition) is 23. The van der Waals surface area contributed by atoms with Gasteiger partial charge < -0.3 is 78.1 Å². The van der Waals surface area contributed by atoms with E-state index in [1.165, 1.54) is 5.39 Å². The summed E-state index contributed by atoms with van der Waals surface area (Å²) in [5.74, 6) is 5.56. The lowest BCUT2D eigenvalue weighted by atomic mass is 10.1. The van der Waals surface area contributed by atoms with Crippen molar-refractivity contribution in [2.24, 2.45) is 0 Å². The number of aromatic nitrogens is 8. The van der Waals surface area contributed by atoms with Gasteiger partial charge in [0.1, 0.15) is 28.7 Å². The summed E-state index contributed by atoms with van der Waals surface area (Å²) in [6.07, 6.45) is 6.76. The summed E-state index contributed by atoms with van der Waals surface area (Å²) in [5.41, 5.74) is 35.1. The molecule has 5 heterocycles. The largest absolute Gasteiger partial charge is 0.506 e. The van der Waals surface area contributed by atoms with Crippen LogP contribution >= 0.6 is 0 Å². The Morgan fingerprint density at radius 2 is 0.758 bits per heavy atom. The molecule has 0 fully saturated rings. The van der Waals surface area contributed by atoms with E-state index in [-0.39, 0.29) is 18.3 Å². The van der Waals surface area contributed by atoms with Gasteiger partial charge in [-0.05, 0) is 156 Å². The first-order valence-electron chi connectivity index (χ1n) is 29.4. The van der Waals surface area contributed by atoms with Gasteiger partial charge in [0.15, 0.2) is 11.5 Å². The second kappa shape index (κ2) is 29.9. The van der Waals surface area contributed by atoms with Gasteiger partial charge in [-0.2, -0.15) is 0 Å². The molecule has 95 heavy (non-hydrogen) atoms. The summed E-state index contributed by atoms with van der Waals surface area (Å²) in [6.45, 7) is 0.240. The predicted octanol–water partition coefficient (Wildman–Crippen LogP) is 14.2. The monoisotopic (exact) mass is 1260 g/mol. The molecule has 0 unspecified atom stereocenters. The topological polar surface area (TPSA) is 342 Å². The predicted molar refractivity (Wildman–Crippen MR) is 373 cm³/mol. The lowest BCUT2D eigenvalue weighted by Crippen LogP contribution is -1.98. The number of phenolic OH excluding ortho intramolecular Hbond substituents is 2. The van der Waals surface area contributed by atoms with Crippen LogP contribution in [0.2, 0.25) is 0 Å². The van der Waals surface area contributed by atoms with Crippen molar-refractivity contribution in [2.45, 2.75) is 0 Å². The summed E-state index contributed by atoms with van der Waals surface area (Å²) in [5, 5.41) is 34.0. The lowest BCUT2D eigenvalue weighted by Gasteiger charge is -2.09. The molecule has 0 amide bonds.